The number of nitrogens with zero attached hydrogens (tertiary/aromatic N) is 2. The smallest absolute Gasteiger partial charge is 0.268 e. The van der Waals surface area contributed by atoms with Crippen LogP contribution in [-0.4, -0.2) is 29.0 Å². The van der Waals surface area contributed by atoms with E-state index in [9.17, 15) is 18.4 Å². The molecule has 1 fully saturated rings. The molecule has 7 heteroatoms. The van der Waals surface area contributed by atoms with Crippen LogP contribution < -0.4 is 4.90 Å². The molecule has 0 aromatic heterocycles. The van der Waals surface area contributed by atoms with E-state index in [1.807, 2.05) is 24.3 Å². The summed E-state index contributed by atoms with van der Waals surface area (Å²) in [6, 6.07) is 19.2. The predicted molar refractivity (Wildman–Crippen MR) is 116 cm³/mol. The fourth-order valence-corrected chi connectivity index (χ4v) is 5.74. The van der Waals surface area contributed by atoms with Crippen molar-refractivity contribution >= 4 is 29.3 Å². The van der Waals surface area contributed by atoms with Gasteiger partial charge in [0, 0.05) is 17.9 Å². The monoisotopic (exact) mass is 436 g/mol. The molecule has 4 nitrogen and oxygen atoms in total. The Hall–Kier alpha value is -3.19. The van der Waals surface area contributed by atoms with Gasteiger partial charge in [0.05, 0.1) is 17.8 Å². The number of anilines is 1. The average molecular weight is 436 g/mol. The van der Waals surface area contributed by atoms with Gasteiger partial charge in [-0.1, -0.05) is 42.5 Å². The lowest BCUT2D eigenvalue weighted by molar-refractivity contribution is -0.123. The summed E-state index contributed by atoms with van der Waals surface area (Å²) in [5.41, 5.74) is 2.15. The molecule has 0 aliphatic carbocycles. The molecule has 3 aromatic carbocycles. The van der Waals surface area contributed by atoms with Crippen LogP contribution in [0.1, 0.15) is 21.5 Å². The molecule has 0 bridgehead atoms. The summed E-state index contributed by atoms with van der Waals surface area (Å²) in [5.74, 6) is -1.15. The van der Waals surface area contributed by atoms with E-state index in [4.69, 9.17) is 0 Å². The van der Waals surface area contributed by atoms with Crippen LogP contribution in [-0.2, 0) is 16.2 Å². The maximum atomic E-state index is 14.4. The summed E-state index contributed by atoms with van der Waals surface area (Å²) >= 11 is 1.39. The van der Waals surface area contributed by atoms with Crippen LogP contribution in [0, 0.1) is 11.6 Å². The summed E-state index contributed by atoms with van der Waals surface area (Å²) in [6.07, 6.45) is 0. The molecule has 5 rings (SSSR count). The number of amides is 2. The van der Waals surface area contributed by atoms with Crippen LogP contribution in [0.25, 0.3) is 0 Å². The Morgan fingerprint density at radius 2 is 1.68 bits per heavy atom. The minimum Gasteiger partial charge on any atom is -0.311 e. The fourth-order valence-electron chi connectivity index (χ4n) is 4.28. The Morgan fingerprint density at radius 3 is 2.45 bits per heavy atom. The zero-order valence-corrected chi connectivity index (χ0v) is 17.2. The van der Waals surface area contributed by atoms with Crippen LogP contribution in [0.5, 0.6) is 0 Å². The van der Waals surface area contributed by atoms with Gasteiger partial charge in [0.25, 0.3) is 11.8 Å². The molecule has 1 unspecified atom stereocenters. The molecule has 31 heavy (non-hydrogen) atoms. The second-order valence-corrected chi connectivity index (χ2v) is 8.75. The molecular weight excluding hydrogens is 418 g/mol. The molecule has 3 aromatic rings. The Balaban J connectivity index is 1.58. The number of halogens is 2. The van der Waals surface area contributed by atoms with E-state index in [0.717, 1.165) is 5.56 Å². The number of hydrogen-bond acceptors (Lipinski definition) is 3. The zero-order chi connectivity index (χ0) is 21.6. The molecule has 156 valence electrons. The lowest BCUT2D eigenvalue weighted by atomic mass is 10.0. The minimum atomic E-state index is -1.24. The average Bonchev–Trinajstić information content (AvgIpc) is 3.32. The summed E-state index contributed by atoms with van der Waals surface area (Å²) in [5, 5.41) is 0. The third-order valence-electron chi connectivity index (χ3n) is 5.70. The first-order valence-electron chi connectivity index (χ1n) is 9.89. The predicted octanol–water partition coefficient (Wildman–Crippen LogP) is 4.55. The fraction of sp³-hybridized carbons (Fsp3) is 0.167. The van der Waals surface area contributed by atoms with E-state index in [2.05, 4.69) is 0 Å². The number of benzene rings is 3. The van der Waals surface area contributed by atoms with Crippen molar-refractivity contribution in [1.29, 1.82) is 0 Å². The summed E-state index contributed by atoms with van der Waals surface area (Å²) in [4.78, 5) is 29.1. The van der Waals surface area contributed by atoms with Gasteiger partial charge >= 0.3 is 0 Å². The normalized spacial score (nSPS) is 19.9. The standard InChI is InChI=1S/C24H18F2N2O2S/c25-17-11-9-16(10-12-17)15-27-21-8-4-2-6-19(21)24(23(27)30)28(13-14-31-24)22(29)18-5-1-3-7-20(18)26/h1-12H,13-15H2. The number of hydrogen-bond donors (Lipinski definition) is 0. The van der Waals surface area contributed by atoms with Crippen molar-refractivity contribution < 1.29 is 18.4 Å². The van der Waals surface area contributed by atoms with Crippen LogP contribution >= 0.6 is 11.8 Å². The van der Waals surface area contributed by atoms with Gasteiger partial charge in [0.2, 0.25) is 0 Å². The Kier molecular flexibility index (Phi) is 4.78. The van der Waals surface area contributed by atoms with Gasteiger partial charge in [-0.15, -0.1) is 11.8 Å². The van der Waals surface area contributed by atoms with E-state index >= 15 is 0 Å². The molecule has 2 aliphatic rings. The number of para-hydroxylation sites is 1. The molecule has 0 radical (unpaired) electrons. The quantitative estimate of drug-likeness (QED) is 0.605. The Morgan fingerprint density at radius 1 is 0.968 bits per heavy atom. The first kappa shape index (κ1) is 19.8. The highest BCUT2D eigenvalue weighted by molar-refractivity contribution is 8.01. The van der Waals surface area contributed by atoms with Gasteiger partial charge in [-0.2, -0.15) is 0 Å². The third kappa shape index (κ3) is 3.03. The molecular formula is C24H18F2N2O2S. The highest BCUT2D eigenvalue weighted by Gasteiger charge is 2.59. The minimum absolute atomic E-state index is 0.0494. The Bertz CT molecular complexity index is 1180. The molecule has 2 heterocycles. The van der Waals surface area contributed by atoms with E-state index in [0.29, 0.717) is 23.5 Å². The van der Waals surface area contributed by atoms with E-state index in [1.165, 1.54) is 47.0 Å². The van der Waals surface area contributed by atoms with Gasteiger partial charge in [-0.25, -0.2) is 8.78 Å². The van der Waals surface area contributed by atoms with Crippen molar-refractivity contribution in [3.63, 3.8) is 0 Å². The van der Waals surface area contributed by atoms with Gasteiger partial charge in [0.1, 0.15) is 11.6 Å². The number of fused-ring (bicyclic) bond motifs is 2. The number of carbonyl (C=O) groups excluding carboxylic acids is 2. The van der Waals surface area contributed by atoms with Crippen LogP contribution in [0.4, 0.5) is 14.5 Å². The maximum Gasteiger partial charge on any atom is 0.268 e. The first-order chi connectivity index (χ1) is 15.0. The van der Waals surface area contributed by atoms with Crippen molar-refractivity contribution in [3.05, 3.63) is 101 Å². The van der Waals surface area contributed by atoms with Crippen LogP contribution in [0.2, 0.25) is 0 Å². The van der Waals surface area contributed by atoms with Crippen LogP contribution in [0.15, 0.2) is 72.8 Å². The molecule has 1 atom stereocenters. The zero-order valence-electron chi connectivity index (χ0n) is 16.4. The van der Waals surface area contributed by atoms with Gasteiger partial charge < -0.3 is 9.80 Å². The lowest BCUT2D eigenvalue weighted by Crippen LogP contribution is -2.50. The topological polar surface area (TPSA) is 40.6 Å². The molecule has 2 amide bonds. The van der Waals surface area contributed by atoms with E-state index in [1.54, 1.807) is 23.1 Å². The molecule has 1 spiro atoms. The first-order valence-corrected chi connectivity index (χ1v) is 10.9. The van der Waals surface area contributed by atoms with Gasteiger partial charge in [-0.3, -0.25) is 9.59 Å². The number of carbonyl (C=O) groups is 2. The van der Waals surface area contributed by atoms with Crippen molar-refractivity contribution in [3.8, 4) is 0 Å². The van der Waals surface area contributed by atoms with Crippen molar-refractivity contribution in [2.24, 2.45) is 0 Å². The second-order valence-electron chi connectivity index (χ2n) is 7.46. The highest BCUT2D eigenvalue weighted by atomic mass is 32.2. The van der Waals surface area contributed by atoms with E-state index in [-0.39, 0.29) is 23.8 Å². The number of thioether (sulfide) groups is 1. The molecule has 1 saturated heterocycles. The van der Waals surface area contributed by atoms with Crippen molar-refractivity contribution in [2.45, 2.75) is 11.4 Å². The third-order valence-corrected chi connectivity index (χ3v) is 7.12. The summed E-state index contributed by atoms with van der Waals surface area (Å²) < 4.78 is 27.7. The summed E-state index contributed by atoms with van der Waals surface area (Å²) in [7, 11) is 0. The van der Waals surface area contributed by atoms with Crippen molar-refractivity contribution in [1.82, 2.24) is 4.90 Å². The SMILES string of the molecule is O=C(c1ccccc1F)N1CCSC12C(=O)N(Cc1ccc(F)cc1)c1ccccc12. The number of rotatable bonds is 3. The highest BCUT2D eigenvalue weighted by Crippen LogP contribution is 2.54. The van der Waals surface area contributed by atoms with E-state index < -0.39 is 16.6 Å². The van der Waals surface area contributed by atoms with Crippen LogP contribution in [0.3, 0.4) is 0 Å². The second kappa shape index (κ2) is 7.50. The van der Waals surface area contributed by atoms with Crippen molar-refractivity contribution in [2.75, 3.05) is 17.2 Å². The van der Waals surface area contributed by atoms with Gasteiger partial charge in [-0.05, 0) is 35.9 Å². The molecule has 0 N–H and O–H groups in total. The molecule has 0 saturated carbocycles. The summed E-state index contributed by atoms with van der Waals surface area (Å²) in [6.45, 7) is 0.586. The van der Waals surface area contributed by atoms with Gasteiger partial charge in [0.15, 0.2) is 4.87 Å². The lowest BCUT2D eigenvalue weighted by Gasteiger charge is -2.33. The molecule has 2 aliphatic heterocycles. The Labute approximate surface area is 182 Å². The maximum absolute atomic E-state index is 14.4. The largest absolute Gasteiger partial charge is 0.311 e.